The lowest BCUT2D eigenvalue weighted by Gasteiger charge is -2.07. The molecule has 0 saturated heterocycles. The molecule has 3 N–H and O–H groups in total. The Bertz CT molecular complexity index is 267. The van der Waals surface area contributed by atoms with E-state index in [0.717, 1.165) is 12.5 Å². The van der Waals surface area contributed by atoms with Crippen LogP contribution in [-0.2, 0) is 0 Å². The van der Waals surface area contributed by atoms with Gasteiger partial charge in [-0.15, -0.1) is 0 Å². The smallest absolute Gasteiger partial charge is 0.316 e. The quantitative estimate of drug-likeness (QED) is 0.735. The zero-order chi connectivity index (χ0) is 9.10. The standard InChI is InChI=1S/C8H14N4O/c9-7-11-12-8(13-7)10-5-6-3-1-2-4-6/h6H,1-5H2,(H2,9,11)(H,10,12). The monoisotopic (exact) mass is 182 g/mol. The van der Waals surface area contributed by atoms with Crippen molar-refractivity contribution in [2.24, 2.45) is 5.92 Å². The predicted octanol–water partition coefficient (Wildman–Crippen LogP) is 1.25. The van der Waals surface area contributed by atoms with Crippen LogP contribution in [0, 0.1) is 5.92 Å². The summed E-state index contributed by atoms with van der Waals surface area (Å²) in [5.41, 5.74) is 5.28. The Labute approximate surface area is 76.7 Å². The molecule has 13 heavy (non-hydrogen) atoms. The molecule has 0 aliphatic heterocycles. The van der Waals surface area contributed by atoms with E-state index in [4.69, 9.17) is 10.2 Å². The molecule has 1 saturated carbocycles. The maximum atomic E-state index is 5.28. The molecule has 0 spiro atoms. The van der Waals surface area contributed by atoms with Crippen LogP contribution in [0.5, 0.6) is 0 Å². The third-order valence-electron chi connectivity index (χ3n) is 2.46. The van der Waals surface area contributed by atoms with Gasteiger partial charge in [-0.1, -0.05) is 23.0 Å². The molecule has 1 aromatic rings. The van der Waals surface area contributed by atoms with Gasteiger partial charge in [0, 0.05) is 6.54 Å². The highest BCUT2D eigenvalue weighted by Crippen LogP contribution is 2.24. The first-order valence-corrected chi connectivity index (χ1v) is 4.67. The van der Waals surface area contributed by atoms with Gasteiger partial charge in [0.05, 0.1) is 0 Å². The van der Waals surface area contributed by atoms with E-state index in [1.54, 1.807) is 0 Å². The normalized spacial score (nSPS) is 17.8. The summed E-state index contributed by atoms with van der Waals surface area (Å²) >= 11 is 0. The molecule has 1 aliphatic rings. The highest BCUT2D eigenvalue weighted by Gasteiger charge is 2.15. The molecule has 0 radical (unpaired) electrons. The van der Waals surface area contributed by atoms with Crippen LogP contribution < -0.4 is 11.1 Å². The van der Waals surface area contributed by atoms with Gasteiger partial charge in [-0.25, -0.2) is 0 Å². The number of nitrogens with two attached hydrogens (primary N) is 1. The molecule has 72 valence electrons. The molecule has 1 aromatic heterocycles. The Hall–Kier alpha value is -1.26. The predicted molar refractivity (Wildman–Crippen MR) is 49.2 cm³/mol. The number of nitrogens with one attached hydrogen (secondary N) is 1. The zero-order valence-corrected chi connectivity index (χ0v) is 7.49. The maximum absolute atomic E-state index is 5.28. The molecular weight excluding hydrogens is 168 g/mol. The van der Waals surface area contributed by atoms with Crippen LogP contribution in [0.25, 0.3) is 0 Å². The molecule has 0 unspecified atom stereocenters. The Kier molecular flexibility index (Phi) is 2.33. The van der Waals surface area contributed by atoms with E-state index in [1.807, 2.05) is 0 Å². The van der Waals surface area contributed by atoms with E-state index in [0.29, 0.717) is 6.01 Å². The summed E-state index contributed by atoms with van der Waals surface area (Å²) in [7, 11) is 0. The van der Waals surface area contributed by atoms with E-state index >= 15 is 0 Å². The van der Waals surface area contributed by atoms with Crippen molar-refractivity contribution in [1.82, 2.24) is 10.2 Å². The number of hydrogen-bond acceptors (Lipinski definition) is 5. The molecule has 0 aromatic carbocycles. The van der Waals surface area contributed by atoms with Crippen molar-refractivity contribution in [3.63, 3.8) is 0 Å². The largest absolute Gasteiger partial charge is 0.390 e. The minimum Gasteiger partial charge on any atom is -0.390 e. The van der Waals surface area contributed by atoms with Gasteiger partial charge < -0.3 is 15.5 Å². The fourth-order valence-corrected chi connectivity index (χ4v) is 1.75. The first-order valence-electron chi connectivity index (χ1n) is 4.67. The van der Waals surface area contributed by atoms with Gasteiger partial charge in [-0.3, -0.25) is 0 Å². The molecule has 2 rings (SSSR count). The van der Waals surface area contributed by atoms with Crippen LogP contribution in [-0.4, -0.2) is 16.7 Å². The second kappa shape index (κ2) is 3.64. The van der Waals surface area contributed by atoms with Crippen LogP contribution in [0.1, 0.15) is 25.7 Å². The minimum atomic E-state index is 0.119. The van der Waals surface area contributed by atoms with Crippen molar-refractivity contribution in [2.75, 3.05) is 17.6 Å². The lowest BCUT2D eigenvalue weighted by atomic mass is 10.1. The minimum absolute atomic E-state index is 0.119. The summed E-state index contributed by atoms with van der Waals surface area (Å²) in [5.74, 6) is 0.758. The second-order valence-corrected chi connectivity index (χ2v) is 3.48. The Morgan fingerprint density at radius 2 is 2.15 bits per heavy atom. The summed E-state index contributed by atoms with van der Waals surface area (Å²) in [6.45, 7) is 0.918. The summed E-state index contributed by atoms with van der Waals surface area (Å²) < 4.78 is 4.99. The fraction of sp³-hybridized carbons (Fsp3) is 0.750. The number of anilines is 2. The summed E-state index contributed by atoms with van der Waals surface area (Å²) in [4.78, 5) is 0. The topological polar surface area (TPSA) is 77.0 Å². The molecule has 5 heteroatoms. The Balaban J connectivity index is 1.78. The van der Waals surface area contributed by atoms with Crippen molar-refractivity contribution < 1.29 is 4.42 Å². The summed E-state index contributed by atoms with van der Waals surface area (Å²) in [5, 5.41) is 10.4. The van der Waals surface area contributed by atoms with Crippen molar-refractivity contribution in [1.29, 1.82) is 0 Å². The SMILES string of the molecule is Nc1nnc(NCC2CCCC2)o1. The highest BCUT2D eigenvalue weighted by atomic mass is 16.4. The number of nitrogen functional groups attached to an aromatic ring is 1. The molecule has 0 amide bonds. The van der Waals surface area contributed by atoms with Crippen LogP contribution in [0.3, 0.4) is 0 Å². The van der Waals surface area contributed by atoms with Crippen molar-refractivity contribution in [2.45, 2.75) is 25.7 Å². The maximum Gasteiger partial charge on any atom is 0.316 e. The van der Waals surface area contributed by atoms with Crippen LogP contribution in [0.2, 0.25) is 0 Å². The van der Waals surface area contributed by atoms with E-state index < -0.39 is 0 Å². The highest BCUT2D eigenvalue weighted by molar-refractivity contribution is 5.22. The third kappa shape index (κ3) is 2.11. The number of nitrogens with zero attached hydrogens (tertiary/aromatic N) is 2. The lowest BCUT2D eigenvalue weighted by molar-refractivity contribution is 0.545. The van der Waals surface area contributed by atoms with Crippen molar-refractivity contribution in [3.05, 3.63) is 0 Å². The fourth-order valence-electron chi connectivity index (χ4n) is 1.75. The van der Waals surface area contributed by atoms with Gasteiger partial charge in [0.1, 0.15) is 0 Å². The van der Waals surface area contributed by atoms with Gasteiger partial charge in [-0.05, 0) is 18.8 Å². The van der Waals surface area contributed by atoms with Crippen LogP contribution in [0.4, 0.5) is 12.0 Å². The van der Waals surface area contributed by atoms with Crippen molar-refractivity contribution in [3.8, 4) is 0 Å². The van der Waals surface area contributed by atoms with E-state index in [1.165, 1.54) is 25.7 Å². The first-order chi connectivity index (χ1) is 6.34. The van der Waals surface area contributed by atoms with Gasteiger partial charge in [-0.2, -0.15) is 0 Å². The van der Waals surface area contributed by atoms with Gasteiger partial charge in [0.2, 0.25) is 0 Å². The zero-order valence-electron chi connectivity index (χ0n) is 7.49. The Morgan fingerprint density at radius 3 is 2.77 bits per heavy atom. The van der Waals surface area contributed by atoms with Gasteiger partial charge in [0.25, 0.3) is 0 Å². The van der Waals surface area contributed by atoms with E-state index in [9.17, 15) is 0 Å². The molecule has 0 bridgehead atoms. The van der Waals surface area contributed by atoms with Gasteiger partial charge >= 0.3 is 12.0 Å². The van der Waals surface area contributed by atoms with E-state index in [-0.39, 0.29) is 6.01 Å². The molecule has 0 atom stereocenters. The lowest BCUT2D eigenvalue weighted by Crippen LogP contribution is -2.10. The number of hydrogen-bond donors (Lipinski definition) is 2. The Morgan fingerprint density at radius 1 is 1.38 bits per heavy atom. The molecular formula is C8H14N4O. The number of rotatable bonds is 3. The average molecular weight is 182 g/mol. The van der Waals surface area contributed by atoms with E-state index in [2.05, 4.69) is 15.5 Å². The van der Waals surface area contributed by atoms with Gasteiger partial charge in [0.15, 0.2) is 0 Å². The average Bonchev–Trinajstić information content (AvgIpc) is 2.71. The summed E-state index contributed by atoms with van der Waals surface area (Å²) in [6, 6.07) is 0.554. The second-order valence-electron chi connectivity index (χ2n) is 3.48. The number of aromatic nitrogens is 2. The van der Waals surface area contributed by atoms with Crippen molar-refractivity contribution >= 4 is 12.0 Å². The van der Waals surface area contributed by atoms with Crippen LogP contribution >= 0.6 is 0 Å². The summed E-state index contributed by atoms with van der Waals surface area (Å²) in [6.07, 6.45) is 5.30. The molecule has 1 fully saturated rings. The molecule has 1 aliphatic carbocycles. The molecule has 1 heterocycles. The van der Waals surface area contributed by atoms with Crippen LogP contribution in [0.15, 0.2) is 4.42 Å². The third-order valence-corrected chi connectivity index (χ3v) is 2.46. The first kappa shape index (κ1) is 8.34. The molecule has 5 nitrogen and oxygen atoms in total.